The number of aromatic hydroxyl groups is 4. The van der Waals surface area contributed by atoms with Crippen LogP contribution in [0.4, 0.5) is 0 Å². The summed E-state index contributed by atoms with van der Waals surface area (Å²) in [6.07, 6.45) is -13.9. The van der Waals surface area contributed by atoms with E-state index in [0.717, 1.165) is 0 Å². The molecule has 14 N–H and O–H groups in total. The molecule has 4 aliphatic carbocycles. The molecule has 0 aromatic heterocycles. The van der Waals surface area contributed by atoms with E-state index in [-0.39, 0.29) is 57.7 Å². The van der Waals surface area contributed by atoms with Crippen molar-refractivity contribution in [3.63, 3.8) is 0 Å². The van der Waals surface area contributed by atoms with Crippen LogP contribution in [0.1, 0.15) is 138 Å². The van der Waals surface area contributed by atoms with Gasteiger partial charge in [0.25, 0.3) is 0 Å². The van der Waals surface area contributed by atoms with Gasteiger partial charge in [0.1, 0.15) is 58.9 Å². The molecule has 0 amide bonds. The van der Waals surface area contributed by atoms with Crippen LogP contribution in [0.2, 0.25) is 0 Å². The van der Waals surface area contributed by atoms with Gasteiger partial charge in [0, 0.05) is 84.0 Å². The first-order valence-electron chi connectivity index (χ1n) is 25.2. The van der Waals surface area contributed by atoms with Gasteiger partial charge in [-0.15, -0.1) is 0 Å². The highest BCUT2D eigenvalue weighted by Crippen LogP contribution is 2.60. The zero-order valence-corrected chi connectivity index (χ0v) is 42.4. The van der Waals surface area contributed by atoms with Crippen LogP contribution < -0.4 is 20.9 Å². The molecule has 3 saturated heterocycles. The van der Waals surface area contributed by atoms with E-state index in [4.69, 9.17) is 49.4 Å². The molecule has 3 aliphatic heterocycles. The van der Waals surface area contributed by atoms with E-state index in [0.29, 0.717) is 0 Å². The van der Waals surface area contributed by atoms with E-state index >= 15 is 0 Å². The average Bonchev–Trinajstić information content (AvgIpc) is 3.84. The maximum Gasteiger partial charge on any atom is 0.224 e. The van der Waals surface area contributed by atoms with E-state index in [2.05, 4.69) is 0 Å². The fourth-order valence-electron chi connectivity index (χ4n) is 12.6. The molecule has 7 aliphatic rings. The first-order chi connectivity index (χ1) is 36.9. The number of hydrogen-bond donors (Lipinski definition) is 12. The van der Waals surface area contributed by atoms with Crippen LogP contribution in [0.5, 0.6) is 34.5 Å². The molecule has 0 unspecified atom stereocenters. The Morgan fingerprint density at radius 1 is 0.603 bits per heavy atom. The van der Waals surface area contributed by atoms with Crippen molar-refractivity contribution in [2.24, 2.45) is 11.5 Å². The third-order valence-corrected chi connectivity index (χ3v) is 16.8. The summed E-state index contributed by atoms with van der Waals surface area (Å²) in [6.45, 7) is 0.573. The molecular formula is C54H58N2O22. The van der Waals surface area contributed by atoms with E-state index in [1.54, 1.807) is 0 Å². The number of nitrogens with two attached hydrogens (primary N) is 2. The summed E-state index contributed by atoms with van der Waals surface area (Å²) >= 11 is 0. The van der Waals surface area contributed by atoms with Gasteiger partial charge in [-0.05, 0) is 26.0 Å². The summed E-state index contributed by atoms with van der Waals surface area (Å²) in [4.78, 5) is 57.4. The van der Waals surface area contributed by atoms with Gasteiger partial charge in [0.05, 0.1) is 84.2 Å². The molecule has 0 spiro atoms. The number of methoxy groups -OCH3 is 2. The van der Waals surface area contributed by atoms with E-state index in [1.165, 1.54) is 64.5 Å². The van der Waals surface area contributed by atoms with Crippen LogP contribution >= 0.6 is 0 Å². The van der Waals surface area contributed by atoms with Crippen molar-refractivity contribution in [3.8, 4) is 34.5 Å². The topological polar surface area (TPSA) is 396 Å². The lowest BCUT2D eigenvalue weighted by Gasteiger charge is -2.50. The zero-order chi connectivity index (χ0) is 56.0. The van der Waals surface area contributed by atoms with Gasteiger partial charge in [-0.2, -0.15) is 0 Å². The maximum absolute atomic E-state index is 14.4. The monoisotopic (exact) mass is 1090 g/mol. The second-order valence-electron chi connectivity index (χ2n) is 21.2. The highest BCUT2D eigenvalue weighted by Gasteiger charge is 2.70. The molecule has 0 radical (unpaired) electrons. The van der Waals surface area contributed by atoms with Gasteiger partial charge in [0.2, 0.25) is 23.1 Å². The van der Waals surface area contributed by atoms with E-state index < -0.39 is 202 Å². The third kappa shape index (κ3) is 7.65. The SMILES string of the molecule is COc1cccc2c1C(=O)c1c(O)c3c(c(O)c1C2=O)C[C@@](O)([C@]1(CO)OC[C@](O)([C@]2(O)Cc4c(O)c5c(c(O)c4[C@@H](O[C@H]4C[C@H](N)[C@@H](O)[C@H](C)O4)C2)C(=O)c2c(OC)cccc2C5=O)O1)C[C@@H]3O[C@H]1C[C@H](N)[C@@H](O)[C@H](C)O1. The number of hydrogen-bond acceptors (Lipinski definition) is 24. The highest BCUT2D eigenvalue weighted by molar-refractivity contribution is 6.32. The molecule has 4 aromatic carbocycles. The van der Waals surface area contributed by atoms with Crippen molar-refractivity contribution in [1.82, 2.24) is 0 Å². The Labute approximate surface area is 443 Å². The molecule has 11 rings (SSSR count). The summed E-state index contributed by atoms with van der Waals surface area (Å²) in [5, 5.41) is 121. The van der Waals surface area contributed by atoms with Crippen LogP contribution in [0, 0.1) is 0 Å². The van der Waals surface area contributed by atoms with E-state index in [1.807, 2.05) is 0 Å². The molecule has 78 heavy (non-hydrogen) atoms. The minimum absolute atomic E-state index is 0.0101. The molecule has 3 fully saturated rings. The normalized spacial score (nSPS) is 35.0. The Bertz CT molecular complexity index is 3220. The molecule has 0 saturated carbocycles. The quantitative estimate of drug-likeness (QED) is 0.0867. The largest absolute Gasteiger partial charge is 0.507 e. The molecule has 14 atom stereocenters. The number of aliphatic hydroxyl groups excluding tert-OH is 3. The molecule has 24 heteroatoms. The zero-order valence-electron chi connectivity index (χ0n) is 42.4. The number of ketones is 4. The summed E-state index contributed by atoms with van der Waals surface area (Å²) in [6, 6.07) is 6.50. The minimum Gasteiger partial charge on any atom is -0.507 e. The number of ether oxygens (including phenoxy) is 8. The lowest BCUT2D eigenvalue weighted by molar-refractivity contribution is -0.366. The predicted molar refractivity (Wildman–Crippen MR) is 261 cm³/mol. The Balaban J connectivity index is 1.01. The number of aliphatic hydroxyl groups is 6. The van der Waals surface area contributed by atoms with Crippen LogP contribution in [0.15, 0.2) is 36.4 Å². The summed E-state index contributed by atoms with van der Waals surface area (Å²) in [5.74, 6) is -13.1. The average molecular weight is 1090 g/mol. The van der Waals surface area contributed by atoms with Crippen LogP contribution in [-0.2, 0) is 41.3 Å². The number of phenols is 4. The van der Waals surface area contributed by atoms with Gasteiger partial charge in [-0.1, -0.05) is 24.3 Å². The molecule has 24 nitrogen and oxygen atoms in total. The van der Waals surface area contributed by atoms with Crippen molar-refractivity contribution in [2.75, 3.05) is 27.4 Å². The Morgan fingerprint density at radius 3 is 1.42 bits per heavy atom. The summed E-state index contributed by atoms with van der Waals surface area (Å²) < 4.78 is 47.9. The summed E-state index contributed by atoms with van der Waals surface area (Å²) in [7, 11) is 2.54. The number of phenolic OH excluding ortho intramolecular Hbond substituents is 4. The first-order valence-corrected chi connectivity index (χ1v) is 25.2. The number of fused-ring (bicyclic) bond motifs is 6. The second kappa shape index (κ2) is 18.7. The standard InChI is InChI=1S/C54H58N2O22/c1-19-41(58)25(55)11-31(74-19)76-29-15-51(68,13-23-35(29)49(66)39-37(45(23)62)43(60)21-7-5-9-27(71-3)33(21)47(39)64)53(70)18-73-54(17-57,78-53)52(69)14-24-36(30(16-52)77-32-12-26(56)42(59)20(2)75-32)50(67)40-38(46(24)63)44(61)22-8-6-10-28(72-4)34(22)48(40)65/h5-10,19-20,25-26,29-32,41-42,57-59,62-63,66-70H,11-18,55-56H2,1-4H3/t19-,20-,25-,26-,29-,30-,31-,32-,41-,42-,51-,52-,53+,54+/m0/s1. The number of rotatable bonds is 9. The number of benzene rings is 4. The van der Waals surface area contributed by atoms with Crippen LogP contribution in [0.25, 0.3) is 0 Å². The second-order valence-corrected chi connectivity index (χ2v) is 21.2. The van der Waals surface area contributed by atoms with Crippen LogP contribution in [0.3, 0.4) is 0 Å². The van der Waals surface area contributed by atoms with Gasteiger partial charge in [0.15, 0.2) is 24.1 Å². The minimum atomic E-state index is -3.09. The molecule has 0 bridgehead atoms. The first kappa shape index (κ1) is 53.8. The van der Waals surface area contributed by atoms with Crippen molar-refractivity contribution < 1.29 is 108 Å². The van der Waals surface area contributed by atoms with Gasteiger partial charge in [-0.3, -0.25) is 19.2 Å². The van der Waals surface area contributed by atoms with Gasteiger partial charge < -0.3 is 100 Å². The fourth-order valence-corrected chi connectivity index (χ4v) is 12.6. The molecular weight excluding hydrogens is 1030 g/mol. The van der Waals surface area contributed by atoms with Gasteiger partial charge >= 0.3 is 0 Å². The third-order valence-electron chi connectivity index (χ3n) is 16.8. The lowest BCUT2D eigenvalue weighted by Crippen LogP contribution is -2.65. The van der Waals surface area contributed by atoms with Crippen molar-refractivity contribution in [3.05, 3.63) is 103 Å². The van der Waals surface area contributed by atoms with Crippen molar-refractivity contribution >= 4 is 23.1 Å². The Morgan fingerprint density at radius 2 is 1.01 bits per heavy atom. The Hall–Kier alpha value is -6.20. The van der Waals surface area contributed by atoms with Crippen LogP contribution in [-0.4, -0.2) is 173 Å². The van der Waals surface area contributed by atoms with Crippen molar-refractivity contribution in [1.29, 1.82) is 0 Å². The Kier molecular flexibility index (Phi) is 12.9. The maximum atomic E-state index is 14.4. The molecule has 4 aromatic rings. The van der Waals surface area contributed by atoms with E-state index in [9.17, 15) is 70.2 Å². The molecule has 416 valence electrons. The number of carbonyl (C=O) groups excluding carboxylic acids is 4. The fraction of sp³-hybridized carbons (Fsp3) is 0.481. The van der Waals surface area contributed by atoms with Crippen molar-refractivity contribution in [2.45, 2.75) is 136 Å². The van der Waals surface area contributed by atoms with Gasteiger partial charge in [-0.25, -0.2) is 0 Å². The smallest absolute Gasteiger partial charge is 0.224 e. The highest BCUT2D eigenvalue weighted by atomic mass is 16.8. The predicted octanol–water partition coefficient (Wildman–Crippen LogP) is 0.317. The summed E-state index contributed by atoms with van der Waals surface area (Å²) in [5.41, 5.74) is 2.17. The number of carbonyl (C=O) groups is 4. The molecule has 3 heterocycles. The lowest BCUT2D eigenvalue weighted by atomic mass is 9.69.